The highest BCUT2D eigenvalue weighted by molar-refractivity contribution is 7.99. The van der Waals surface area contributed by atoms with Crippen LogP contribution >= 0.6 is 11.8 Å². The van der Waals surface area contributed by atoms with Crippen molar-refractivity contribution in [2.75, 3.05) is 12.3 Å². The minimum Gasteiger partial charge on any atom is -0.322 e. The van der Waals surface area contributed by atoms with Crippen LogP contribution in [0.1, 0.15) is 53.0 Å². The zero-order valence-electron chi connectivity index (χ0n) is 14.6. The van der Waals surface area contributed by atoms with Gasteiger partial charge in [-0.3, -0.25) is 4.79 Å². The number of nitrogens with zero attached hydrogens (tertiary/aromatic N) is 1. The minimum absolute atomic E-state index is 0.0272. The van der Waals surface area contributed by atoms with Gasteiger partial charge in [-0.05, 0) is 48.2 Å². The highest BCUT2D eigenvalue weighted by atomic mass is 32.2. The summed E-state index contributed by atoms with van der Waals surface area (Å²) in [5.74, 6) is 0.648. The highest BCUT2D eigenvalue weighted by Crippen LogP contribution is 2.38. The van der Waals surface area contributed by atoms with Crippen molar-refractivity contribution in [3.05, 3.63) is 71.0 Å². The van der Waals surface area contributed by atoms with Gasteiger partial charge >= 0.3 is 0 Å². The lowest BCUT2D eigenvalue weighted by atomic mass is 10.0. The van der Waals surface area contributed by atoms with Gasteiger partial charge < -0.3 is 4.90 Å². The third-order valence-corrected chi connectivity index (χ3v) is 5.82. The molecule has 0 bridgehead atoms. The summed E-state index contributed by atoms with van der Waals surface area (Å²) in [7, 11) is 0. The average Bonchev–Trinajstić information content (AvgIpc) is 3.12. The zero-order valence-corrected chi connectivity index (χ0v) is 15.4. The Morgan fingerprint density at radius 1 is 1.20 bits per heavy atom. The first-order valence-corrected chi connectivity index (χ1v) is 10.0. The molecule has 0 spiro atoms. The maximum atomic E-state index is 13.5. The summed E-state index contributed by atoms with van der Waals surface area (Å²) < 4.78 is 13.5. The molecule has 2 aromatic rings. The fourth-order valence-corrected chi connectivity index (χ4v) is 4.42. The summed E-state index contributed by atoms with van der Waals surface area (Å²) in [5.41, 5.74) is 2.85. The van der Waals surface area contributed by atoms with Gasteiger partial charge in [0, 0.05) is 17.9 Å². The number of amides is 1. The van der Waals surface area contributed by atoms with Crippen molar-refractivity contribution in [2.45, 2.75) is 38.0 Å². The van der Waals surface area contributed by atoms with Gasteiger partial charge in [-0.15, -0.1) is 11.8 Å². The van der Waals surface area contributed by atoms with E-state index in [9.17, 15) is 9.18 Å². The van der Waals surface area contributed by atoms with Gasteiger partial charge in [0.25, 0.3) is 5.91 Å². The first kappa shape index (κ1) is 18.0. The van der Waals surface area contributed by atoms with Crippen LogP contribution in [0.5, 0.6) is 0 Å². The van der Waals surface area contributed by atoms with Crippen molar-refractivity contribution < 1.29 is 9.18 Å². The number of benzene rings is 2. The van der Waals surface area contributed by atoms with Crippen LogP contribution in [0.2, 0.25) is 0 Å². The van der Waals surface area contributed by atoms with Crippen molar-refractivity contribution in [2.24, 2.45) is 0 Å². The van der Waals surface area contributed by atoms with Crippen molar-refractivity contribution in [3.8, 4) is 0 Å². The number of carbonyl (C=O) groups excluding carboxylic acids is 1. The van der Waals surface area contributed by atoms with E-state index in [1.165, 1.54) is 37.0 Å². The summed E-state index contributed by atoms with van der Waals surface area (Å²) in [6.45, 7) is 2.90. The molecule has 0 aliphatic carbocycles. The molecule has 132 valence electrons. The average molecular weight is 357 g/mol. The zero-order chi connectivity index (χ0) is 17.6. The molecular formula is C21H24FNOS. The van der Waals surface area contributed by atoms with Crippen molar-refractivity contribution in [1.29, 1.82) is 0 Å². The monoisotopic (exact) mass is 357 g/mol. The van der Waals surface area contributed by atoms with Crippen LogP contribution < -0.4 is 0 Å². The fraction of sp³-hybridized carbons (Fsp3) is 0.381. The van der Waals surface area contributed by atoms with Gasteiger partial charge in [-0.1, -0.05) is 44.0 Å². The summed E-state index contributed by atoms with van der Waals surface area (Å²) in [4.78, 5) is 14.8. The molecule has 0 N–H and O–H groups in total. The number of hydrogen-bond acceptors (Lipinski definition) is 2. The number of thioether (sulfide) groups is 1. The van der Waals surface area contributed by atoms with Crippen molar-refractivity contribution in [3.63, 3.8) is 0 Å². The van der Waals surface area contributed by atoms with E-state index in [4.69, 9.17) is 0 Å². The van der Waals surface area contributed by atoms with Crippen LogP contribution in [-0.2, 0) is 6.42 Å². The van der Waals surface area contributed by atoms with E-state index in [0.29, 0.717) is 12.1 Å². The number of halogens is 1. The molecule has 0 radical (unpaired) electrons. The normalized spacial score (nSPS) is 17.0. The molecule has 0 aromatic heterocycles. The van der Waals surface area contributed by atoms with Gasteiger partial charge in [-0.25, -0.2) is 4.39 Å². The Morgan fingerprint density at radius 2 is 2.00 bits per heavy atom. The molecule has 1 fully saturated rings. The third-order valence-electron chi connectivity index (χ3n) is 4.56. The van der Waals surface area contributed by atoms with E-state index >= 15 is 0 Å². The predicted molar refractivity (Wildman–Crippen MR) is 102 cm³/mol. The molecule has 3 rings (SSSR count). The highest BCUT2D eigenvalue weighted by Gasteiger charge is 2.31. The second-order valence-corrected chi connectivity index (χ2v) is 7.62. The van der Waals surface area contributed by atoms with Crippen LogP contribution in [0.4, 0.5) is 4.39 Å². The lowest BCUT2D eigenvalue weighted by Gasteiger charge is -2.24. The maximum absolute atomic E-state index is 13.5. The Hall–Kier alpha value is -1.81. The standard InChI is InChI=1S/C21H24FNOS/c1-2-3-4-6-16-9-11-17(12-10-16)20(24)23-13-14-25-21(23)18-7-5-8-19(22)15-18/h5,7-12,15,21H,2-4,6,13-14H2,1H3/t21-/m0/s1. The van der Waals surface area contributed by atoms with Gasteiger partial charge in [0.2, 0.25) is 0 Å². The summed E-state index contributed by atoms with van der Waals surface area (Å²) in [5, 5.41) is -0.104. The smallest absolute Gasteiger partial charge is 0.255 e. The van der Waals surface area contributed by atoms with Crippen LogP contribution in [0, 0.1) is 5.82 Å². The Balaban J connectivity index is 1.71. The molecule has 1 atom stereocenters. The van der Waals surface area contributed by atoms with Crippen LogP contribution in [0.15, 0.2) is 48.5 Å². The summed E-state index contributed by atoms with van der Waals surface area (Å²) >= 11 is 1.69. The van der Waals surface area contributed by atoms with Crippen LogP contribution in [0.25, 0.3) is 0 Å². The first-order valence-electron chi connectivity index (χ1n) is 8.96. The molecule has 1 aliphatic heterocycles. The molecular weight excluding hydrogens is 333 g/mol. The van der Waals surface area contributed by atoms with E-state index < -0.39 is 0 Å². The molecule has 1 amide bonds. The molecule has 4 heteroatoms. The SMILES string of the molecule is CCCCCc1ccc(C(=O)N2CCS[C@H]2c2cccc(F)c2)cc1. The number of aryl methyl sites for hydroxylation is 1. The van der Waals surface area contributed by atoms with Crippen LogP contribution in [0.3, 0.4) is 0 Å². The van der Waals surface area contributed by atoms with Crippen LogP contribution in [-0.4, -0.2) is 23.1 Å². The number of carbonyl (C=O) groups is 1. The quantitative estimate of drug-likeness (QED) is 0.641. The molecule has 1 heterocycles. The molecule has 0 saturated carbocycles. The van der Waals surface area contributed by atoms with Gasteiger partial charge in [0.1, 0.15) is 11.2 Å². The Labute approximate surface area is 153 Å². The second-order valence-electron chi connectivity index (χ2n) is 6.43. The van der Waals surface area contributed by atoms with Gasteiger partial charge in [0.05, 0.1) is 0 Å². The summed E-state index contributed by atoms with van der Waals surface area (Å²) in [6.07, 6.45) is 4.70. The Kier molecular flexibility index (Phi) is 6.14. The van der Waals surface area contributed by atoms with Crippen molar-refractivity contribution >= 4 is 17.7 Å². The van der Waals surface area contributed by atoms with Gasteiger partial charge in [0.15, 0.2) is 0 Å². The molecule has 25 heavy (non-hydrogen) atoms. The minimum atomic E-state index is -0.256. The van der Waals surface area contributed by atoms with E-state index in [1.807, 2.05) is 23.1 Å². The topological polar surface area (TPSA) is 20.3 Å². The Morgan fingerprint density at radius 3 is 2.72 bits per heavy atom. The largest absolute Gasteiger partial charge is 0.322 e. The molecule has 1 saturated heterocycles. The first-order chi connectivity index (χ1) is 12.2. The predicted octanol–water partition coefficient (Wildman–Crippen LogP) is 5.45. The summed E-state index contributed by atoms with van der Waals surface area (Å²) in [6, 6.07) is 14.5. The molecule has 0 unspecified atom stereocenters. The Bertz CT molecular complexity index is 716. The second kappa shape index (κ2) is 8.52. The molecule has 1 aliphatic rings. The lowest BCUT2D eigenvalue weighted by Crippen LogP contribution is -2.30. The van der Waals surface area contributed by atoms with E-state index in [1.54, 1.807) is 17.8 Å². The van der Waals surface area contributed by atoms with E-state index in [0.717, 1.165) is 17.7 Å². The number of rotatable bonds is 6. The fourth-order valence-electron chi connectivity index (χ4n) is 3.17. The molecule has 2 aromatic carbocycles. The van der Waals surface area contributed by atoms with E-state index in [2.05, 4.69) is 19.1 Å². The van der Waals surface area contributed by atoms with Crippen molar-refractivity contribution in [1.82, 2.24) is 4.90 Å². The van der Waals surface area contributed by atoms with E-state index in [-0.39, 0.29) is 17.1 Å². The maximum Gasteiger partial charge on any atom is 0.255 e. The lowest BCUT2D eigenvalue weighted by molar-refractivity contribution is 0.0760. The molecule has 2 nitrogen and oxygen atoms in total. The third kappa shape index (κ3) is 4.43. The number of hydrogen-bond donors (Lipinski definition) is 0. The van der Waals surface area contributed by atoms with Gasteiger partial charge in [-0.2, -0.15) is 0 Å². The number of unbranched alkanes of at least 4 members (excludes halogenated alkanes) is 2.